The summed E-state index contributed by atoms with van der Waals surface area (Å²) in [5.41, 5.74) is 0.517. The Balaban J connectivity index is 2.18. The zero-order chi connectivity index (χ0) is 14.5. The Labute approximate surface area is 120 Å². The first-order chi connectivity index (χ1) is 9.63. The lowest BCUT2D eigenvalue weighted by Gasteiger charge is -2.35. The number of carbonyl (C=O) groups excluding carboxylic acids is 1. The summed E-state index contributed by atoms with van der Waals surface area (Å²) >= 11 is 0. The van der Waals surface area contributed by atoms with E-state index in [0.29, 0.717) is 29.3 Å². The third-order valence-electron chi connectivity index (χ3n) is 4.21. The second-order valence-electron chi connectivity index (χ2n) is 5.83. The van der Waals surface area contributed by atoms with Crippen LogP contribution in [0.15, 0.2) is 18.3 Å². The molecule has 2 unspecified atom stereocenters. The molecule has 1 aromatic rings. The Morgan fingerprint density at radius 3 is 2.85 bits per heavy atom. The lowest BCUT2D eigenvalue weighted by Crippen LogP contribution is -2.36. The number of esters is 1. The fraction of sp³-hybridized carbons (Fsp3) is 0.625. The predicted molar refractivity (Wildman–Crippen MR) is 79.8 cm³/mol. The van der Waals surface area contributed by atoms with Crippen LogP contribution < -0.4 is 5.32 Å². The van der Waals surface area contributed by atoms with Crippen molar-refractivity contribution in [1.29, 1.82) is 0 Å². The molecule has 0 radical (unpaired) electrons. The Morgan fingerprint density at radius 2 is 2.15 bits per heavy atom. The van der Waals surface area contributed by atoms with Gasteiger partial charge >= 0.3 is 5.97 Å². The maximum atomic E-state index is 11.8. The summed E-state index contributed by atoms with van der Waals surface area (Å²) < 4.78 is 4.82. The largest absolute Gasteiger partial charge is 0.465 e. The first-order valence-corrected chi connectivity index (χ1v) is 7.43. The van der Waals surface area contributed by atoms with E-state index >= 15 is 0 Å². The minimum Gasteiger partial charge on any atom is -0.465 e. The summed E-state index contributed by atoms with van der Waals surface area (Å²) in [5, 5.41) is 3.48. The summed E-state index contributed by atoms with van der Waals surface area (Å²) in [6.45, 7) is 4.54. The van der Waals surface area contributed by atoms with Crippen LogP contribution in [0.25, 0.3) is 0 Å². The molecule has 1 heterocycles. The lowest BCUT2D eigenvalue weighted by atomic mass is 9.78. The molecule has 0 spiro atoms. The van der Waals surface area contributed by atoms with Crippen molar-refractivity contribution in [2.75, 3.05) is 12.4 Å². The summed E-state index contributed by atoms with van der Waals surface area (Å²) in [5.74, 6) is 1.59. The van der Waals surface area contributed by atoms with Crippen LogP contribution in [-0.4, -0.2) is 24.1 Å². The fourth-order valence-electron chi connectivity index (χ4n) is 3.11. The molecule has 0 bridgehead atoms. The minimum absolute atomic E-state index is 0.336. The van der Waals surface area contributed by atoms with Gasteiger partial charge in [0, 0.05) is 12.2 Å². The standard InChI is InChI=1S/C16H24N2O2/c1-11(2)12-7-4-5-9-14(12)18-15-13(16(19)20-3)8-6-10-17-15/h6,8,10-12,14H,4-5,7,9H2,1-3H3,(H,17,18). The van der Waals surface area contributed by atoms with Gasteiger partial charge < -0.3 is 10.1 Å². The summed E-state index contributed by atoms with van der Waals surface area (Å²) in [4.78, 5) is 16.1. The van der Waals surface area contributed by atoms with Crippen LogP contribution in [-0.2, 0) is 4.74 Å². The quantitative estimate of drug-likeness (QED) is 0.855. The number of ether oxygens (including phenoxy) is 1. The van der Waals surface area contributed by atoms with Crippen molar-refractivity contribution in [3.63, 3.8) is 0 Å². The van der Waals surface area contributed by atoms with Crippen LogP contribution in [0.5, 0.6) is 0 Å². The van der Waals surface area contributed by atoms with Crippen molar-refractivity contribution in [3.8, 4) is 0 Å². The van der Waals surface area contributed by atoms with Crippen LogP contribution in [0, 0.1) is 11.8 Å². The fourth-order valence-corrected chi connectivity index (χ4v) is 3.11. The van der Waals surface area contributed by atoms with E-state index < -0.39 is 0 Å². The number of hydrogen-bond acceptors (Lipinski definition) is 4. The van der Waals surface area contributed by atoms with Gasteiger partial charge in [-0.3, -0.25) is 0 Å². The Kier molecular flexibility index (Phi) is 4.99. The molecule has 4 nitrogen and oxygen atoms in total. The average Bonchev–Trinajstić information content (AvgIpc) is 2.47. The molecule has 110 valence electrons. The Morgan fingerprint density at radius 1 is 1.40 bits per heavy atom. The molecule has 1 fully saturated rings. The molecule has 1 N–H and O–H groups in total. The van der Waals surface area contributed by atoms with Gasteiger partial charge in [0.15, 0.2) is 0 Å². The first-order valence-electron chi connectivity index (χ1n) is 7.43. The van der Waals surface area contributed by atoms with Gasteiger partial charge in [0.2, 0.25) is 0 Å². The third kappa shape index (κ3) is 3.30. The smallest absolute Gasteiger partial charge is 0.341 e. The average molecular weight is 276 g/mol. The van der Waals surface area contributed by atoms with Crippen LogP contribution in [0.1, 0.15) is 49.9 Å². The molecule has 0 aromatic carbocycles. The van der Waals surface area contributed by atoms with Gasteiger partial charge in [-0.05, 0) is 36.8 Å². The molecule has 2 rings (SSSR count). The Bertz CT molecular complexity index is 460. The van der Waals surface area contributed by atoms with Crippen molar-refractivity contribution >= 4 is 11.8 Å². The molecule has 1 aliphatic rings. The maximum Gasteiger partial charge on any atom is 0.341 e. The molecule has 1 saturated carbocycles. The number of pyridine rings is 1. The Hall–Kier alpha value is -1.58. The van der Waals surface area contributed by atoms with E-state index in [1.54, 1.807) is 18.3 Å². The highest BCUT2D eigenvalue weighted by Crippen LogP contribution is 2.32. The summed E-state index contributed by atoms with van der Waals surface area (Å²) in [6, 6.07) is 3.91. The van der Waals surface area contributed by atoms with E-state index in [1.165, 1.54) is 26.4 Å². The van der Waals surface area contributed by atoms with E-state index in [9.17, 15) is 4.79 Å². The van der Waals surface area contributed by atoms with Gasteiger partial charge in [0.25, 0.3) is 0 Å². The third-order valence-corrected chi connectivity index (χ3v) is 4.21. The second-order valence-corrected chi connectivity index (χ2v) is 5.83. The summed E-state index contributed by atoms with van der Waals surface area (Å²) in [6.07, 6.45) is 6.63. The number of nitrogens with one attached hydrogen (secondary N) is 1. The van der Waals surface area contributed by atoms with Gasteiger partial charge in [0.1, 0.15) is 11.4 Å². The molecule has 1 aromatic heterocycles. The van der Waals surface area contributed by atoms with E-state index in [4.69, 9.17) is 4.74 Å². The first kappa shape index (κ1) is 14.8. The van der Waals surface area contributed by atoms with Crippen molar-refractivity contribution in [2.24, 2.45) is 11.8 Å². The van der Waals surface area contributed by atoms with Gasteiger partial charge in [0.05, 0.1) is 7.11 Å². The molecule has 0 aliphatic heterocycles. The number of anilines is 1. The minimum atomic E-state index is -0.336. The highest BCUT2D eigenvalue weighted by molar-refractivity contribution is 5.94. The molecule has 4 heteroatoms. The number of nitrogens with zero attached hydrogens (tertiary/aromatic N) is 1. The molecular weight excluding hydrogens is 252 g/mol. The van der Waals surface area contributed by atoms with Gasteiger partial charge in [-0.1, -0.05) is 26.7 Å². The normalized spacial score (nSPS) is 22.6. The van der Waals surface area contributed by atoms with Crippen molar-refractivity contribution in [3.05, 3.63) is 23.9 Å². The van der Waals surface area contributed by atoms with E-state index in [-0.39, 0.29) is 5.97 Å². The topological polar surface area (TPSA) is 51.2 Å². The van der Waals surface area contributed by atoms with Crippen LogP contribution >= 0.6 is 0 Å². The second kappa shape index (κ2) is 6.73. The number of carbonyl (C=O) groups is 1. The number of methoxy groups -OCH3 is 1. The number of hydrogen-bond donors (Lipinski definition) is 1. The molecule has 20 heavy (non-hydrogen) atoms. The van der Waals surface area contributed by atoms with Crippen molar-refractivity contribution in [1.82, 2.24) is 4.98 Å². The van der Waals surface area contributed by atoms with Gasteiger partial charge in [-0.25, -0.2) is 9.78 Å². The van der Waals surface area contributed by atoms with Crippen molar-refractivity contribution in [2.45, 2.75) is 45.6 Å². The van der Waals surface area contributed by atoms with Crippen molar-refractivity contribution < 1.29 is 9.53 Å². The molecule has 0 amide bonds. The van der Waals surface area contributed by atoms with Gasteiger partial charge in [-0.2, -0.15) is 0 Å². The molecule has 0 saturated heterocycles. The predicted octanol–water partition coefficient (Wildman–Crippen LogP) is 3.49. The van der Waals surface area contributed by atoms with Gasteiger partial charge in [-0.15, -0.1) is 0 Å². The van der Waals surface area contributed by atoms with Crippen LogP contribution in [0.2, 0.25) is 0 Å². The van der Waals surface area contributed by atoms with E-state index in [1.807, 2.05) is 0 Å². The maximum absolute atomic E-state index is 11.8. The van der Waals surface area contributed by atoms with Crippen LogP contribution in [0.3, 0.4) is 0 Å². The van der Waals surface area contributed by atoms with E-state index in [2.05, 4.69) is 24.1 Å². The molecule has 1 aliphatic carbocycles. The summed E-state index contributed by atoms with van der Waals surface area (Å²) in [7, 11) is 1.40. The molecular formula is C16H24N2O2. The number of rotatable bonds is 4. The number of aromatic nitrogens is 1. The zero-order valence-corrected chi connectivity index (χ0v) is 12.6. The lowest BCUT2D eigenvalue weighted by molar-refractivity contribution is 0.0601. The molecule has 2 atom stereocenters. The monoisotopic (exact) mass is 276 g/mol. The zero-order valence-electron chi connectivity index (χ0n) is 12.6. The SMILES string of the molecule is COC(=O)c1cccnc1NC1CCCCC1C(C)C. The van der Waals surface area contributed by atoms with E-state index in [0.717, 1.165) is 6.42 Å². The highest BCUT2D eigenvalue weighted by Gasteiger charge is 2.28. The highest BCUT2D eigenvalue weighted by atomic mass is 16.5. The van der Waals surface area contributed by atoms with Crippen LogP contribution in [0.4, 0.5) is 5.82 Å².